The third kappa shape index (κ3) is 1.53. The number of rotatable bonds is 2. The Hall–Kier alpha value is -1.03. The van der Waals surface area contributed by atoms with Gasteiger partial charge in [-0.2, -0.15) is 0 Å². The predicted molar refractivity (Wildman–Crippen MR) is 58.2 cm³/mol. The predicted octanol–water partition coefficient (Wildman–Crippen LogP) is 1.05. The first kappa shape index (κ1) is 9.21. The van der Waals surface area contributed by atoms with Crippen molar-refractivity contribution in [3.05, 3.63) is 21.9 Å². The van der Waals surface area contributed by atoms with Gasteiger partial charge in [0.25, 0.3) is 0 Å². The first-order chi connectivity index (χ1) is 7.34. The van der Waals surface area contributed by atoms with Crippen molar-refractivity contribution in [2.75, 3.05) is 13.1 Å². The van der Waals surface area contributed by atoms with Crippen LogP contribution < -0.4 is 11.0 Å². The molecule has 0 amide bonds. The molecular weight excluding hydrogens is 190 g/mol. The summed E-state index contributed by atoms with van der Waals surface area (Å²) in [5.74, 6) is 1.12. The molecule has 1 unspecified atom stereocenters. The van der Waals surface area contributed by atoms with Gasteiger partial charge in [0.2, 0.25) is 0 Å². The fraction of sp³-hybridized carbons (Fsp3) is 0.727. The molecule has 15 heavy (non-hydrogen) atoms. The van der Waals surface area contributed by atoms with Crippen molar-refractivity contribution in [2.45, 2.75) is 37.5 Å². The van der Waals surface area contributed by atoms with Crippen LogP contribution in [0.15, 0.2) is 4.79 Å². The fourth-order valence-corrected chi connectivity index (χ4v) is 2.65. The zero-order chi connectivity index (χ0) is 10.3. The summed E-state index contributed by atoms with van der Waals surface area (Å²) in [4.78, 5) is 17.3. The topological polar surface area (TPSA) is 60.7 Å². The number of hydrogen-bond donors (Lipinski definition) is 3. The molecule has 3 N–H and O–H groups in total. The average molecular weight is 207 g/mol. The van der Waals surface area contributed by atoms with Gasteiger partial charge in [0, 0.05) is 29.8 Å². The normalized spacial score (nSPS) is 26.8. The Kier molecular flexibility index (Phi) is 2.16. The van der Waals surface area contributed by atoms with Gasteiger partial charge in [0.05, 0.1) is 0 Å². The quantitative estimate of drug-likeness (QED) is 0.678. The minimum absolute atomic E-state index is 0.0289. The van der Waals surface area contributed by atoms with Gasteiger partial charge < -0.3 is 15.3 Å². The van der Waals surface area contributed by atoms with E-state index < -0.39 is 0 Å². The molecule has 2 fully saturated rings. The fourth-order valence-electron chi connectivity index (χ4n) is 2.65. The van der Waals surface area contributed by atoms with E-state index in [1.165, 1.54) is 30.7 Å². The van der Waals surface area contributed by atoms with E-state index in [0.29, 0.717) is 11.8 Å². The van der Waals surface area contributed by atoms with E-state index in [-0.39, 0.29) is 5.69 Å². The van der Waals surface area contributed by atoms with E-state index in [2.05, 4.69) is 15.3 Å². The van der Waals surface area contributed by atoms with Gasteiger partial charge in [-0.25, -0.2) is 4.79 Å². The van der Waals surface area contributed by atoms with Gasteiger partial charge in [-0.3, -0.25) is 0 Å². The van der Waals surface area contributed by atoms with E-state index in [9.17, 15) is 4.79 Å². The summed E-state index contributed by atoms with van der Waals surface area (Å²) in [5, 5.41) is 3.35. The Balaban J connectivity index is 1.93. The third-order valence-electron chi connectivity index (χ3n) is 3.77. The maximum absolute atomic E-state index is 11.4. The summed E-state index contributed by atoms with van der Waals surface area (Å²) < 4.78 is 0. The Labute approximate surface area is 88.5 Å². The molecule has 4 nitrogen and oxygen atoms in total. The van der Waals surface area contributed by atoms with E-state index >= 15 is 0 Å². The molecule has 1 atom stereocenters. The van der Waals surface area contributed by atoms with Crippen molar-refractivity contribution in [3.8, 4) is 0 Å². The van der Waals surface area contributed by atoms with Crippen LogP contribution in [0.3, 0.4) is 0 Å². The minimum atomic E-state index is -0.0289. The maximum Gasteiger partial charge on any atom is 0.323 e. The molecule has 2 heterocycles. The summed E-state index contributed by atoms with van der Waals surface area (Å²) in [7, 11) is 0. The highest BCUT2D eigenvalue weighted by Gasteiger charge is 2.29. The highest BCUT2D eigenvalue weighted by atomic mass is 16.1. The molecule has 0 radical (unpaired) electrons. The number of imidazole rings is 1. The van der Waals surface area contributed by atoms with Gasteiger partial charge in [-0.1, -0.05) is 6.42 Å². The SMILES string of the molecule is O=c1[nH]c(C2CCC2)c(C2CCNC2)[nH]1. The van der Waals surface area contributed by atoms with Crippen LogP contribution in [-0.2, 0) is 0 Å². The van der Waals surface area contributed by atoms with Crippen LogP contribution in [0.25, 0.3) is 0 Å². The smallest absolute Gasteiger partial charge is 0.316 e. The number of nitrogens with one attached hydrogen (secondary N) is 3. The lowest BCUT2D eigenvalue weighted by molar-refractivity contribution is 0.407. The largest absolute Gasteiger partial charge is 0.323 e. The summed E-state index contributed by atoms with van der Waals surface area (Å²) in [6.45, 7) is 2.08. The lowest BCUT2D eigenvalue weighted by atomic mass is 9.80. The molecule has 2 aliphatic rings. The lowest BCUT2D eigenvalue weighted by Crippen LogP contribution is -2.14. The van der Waals surface area contributed by atoms with Crippen LogP contribution in [0, 0.1) is 0 Å². The summed E-state index contributed by atoms with van der Waals surface area (Å²) in [6.07, 6.45) is 4.93. The third-order valence-corrected chi connectivity index (χ3v) is 3.77. The highest BCUT2D eigenvalue weighted by Crippen LogP contribution is 2.38. The molecule has 0 spiro atoms. The van der Waals surface area contributed by atoms with E-state index in [1.807, 2.05) is 0 Å². The van der Waals surface area contributed by atoms with Crippen molar-refractivity contribution in [1.82, 2.24) is 15.3 Å². The second-order valence-corrected chi connectivity index (χ2v) is 4.72. The number of hydrogen-bond acceptors (Lipinski definition) is 2. The molecule has 0 aromatic carbocycles. The molecule has 3 rings (SSSR count). The Bertz CT molecular complexity index is 396. The zero-order valence-corrected chi connectivity index (χ0v) is 8.81. The van der Waals surface area contributed by atoms with Crippen molar-refractivity contribution in [2.24, 2.45) is 0 Å². The number of aromatic amines is 2. The Morgan fingerprint density at radius 3 is 2.27 bits per heavy atom. The van der Waals surface area contributed by atoms with Gasteiger partial charge >= 0.3 is 5.69 Å². The van der Waals surface area contributed by atoms with Gasteiger partial charge in [0.1, 0.15) is 0 Å². The first-order valence-corrected chi connectivity index (χ1v) is 5.87. The first-order valence-electron chi connectivity index (χ1n) is 5.87. The van der Waals surface area contributed by atoms with Crippen LogP contribution in [0.2, 0.25) is 0 Å². The lowest BCUT2D eigenvalue weighted by Gasteiger charge is -2.26. The van der Waals surface area contributed by atoms with E-state index in [0.717, 1.165) is 19.5 Å². The molecule has 1 aromatic heterocycles. The summed E-state index contributed by atoms with van der Waals surface area (Å²) >= 11 is 0. The van der Waals surface area contributed by atoms with Crippen LogP contribution in [0.5, 0.6) is 0 Å². The van der Waals surface area contributed by atoms with Crippen molar-refractivity contribution in [1.29, 1.82) is 0 Å². The molecule has 0 bridgehead atoms. The average Bonchev–Trinajstić information content (AvgIpc) is 2.70. The van der Waals surface area contributed by atoms with Crippen LogP contribution in [-0.4, -0.2) is 23.1 Å². The van der Waals surface area contributed by atoms with Crippen LogP contribution >= 0.6 is 0 Å². The van der Waals surface area contributed by atoms with Crippen LogP contribution in [0.4, 0.5) is 0 Å². The number of H-pyrrole nitrogens is 2. The second-order valence-electron chi connectivity index (χ2n) is 4.72. The van der Waals surface area contributed by atoms with Crippen molar-refractivity contribution < 1.29 is 0 Å². The Morgan fingerprint density at radius 2 is 1.73 bits per heavy atom. The summed E-state index contributed by atoms with van der Waals surface area (Å²) in [6, 6.07) is 0. The molecule has 1 saturated heterocycles. The molecule has 1 aromatic rings. The second kappa shape index (κ2) is 3.52. The molecule has 1 aliphatic heterocycles. The highest BCUT2D eigenvalue weighted by molar-refractivity contribution is 5.23. The molecule has 1 aliphatic carbocycles. The number of aromatic nitrogens is 2. The summed E-state index contributed by atoms with van der Waals surface area (Å²) in [5.41, 5.74) is 2.34. The minimum Gasteiger partial charge on any atom is -0.316 e. The molecule has 1 saturated carbocycles. The molecular formula is C11H17N3O. The van der Waals surface area contributed by atoms with Gasteiger partial charge in [-0.05, 0) is 25.8 Å². The Morgan fingerprint density at radius 1 is 1.00 bits per heavy atom. The maximum atomic E-state index is 11.4. The molecule has 82 valence electrons. The standard InChI is InChI=1S/C11H17N3O/c15-11-13-9(7-2-1-3-7)10(14-11)8-4-5-12-6-8/h7-8,12H,1-6H2,(H2,13,14,15). The van der Waals surface area contributed by atoms with Crippen molar-refractivity contribution in [3.63, 3.8) is 0 Å². The monoisotopic (exact) mass is 207 g/mol. The van der Waals surface area contributed by atoms with E-state index in [1.54, 1.807) is 0 Å². The molecule has 4 heteroatoms. The van der Waals surface area contributed by atoms with Gasteiger partial charge in [0.15, 0.2) is 0 Å². The van der Waals surface area contributed by atoms with Gasteiger partial charge in [-0.15, -0.1) is 0 Å². The van der Waals surface area contributed by atoms with Crippen LogP contribution in [0.1, 0.15) is 48.9 Å². The zero-order valence-electron chi connectivity index (χ0n) is 8.81. The van der Waals surface area contributed by atoms with E-state index in [4.69, 9.17) is 0 Å². The van der Waals surface area contributed by atoms with Crippen molar-refractivity contribution >= 4 is 0 Å².